The number of pyridine rings is 1. The molecule has 1 heterocycles. The molecule has 5 nitrogen and oxygen atoms in total. The van der Waals surface area contributed by atoms with Crippen molar-refractivity contribution in [2.24, 2.45) is 0 Å². The van der Waals surface area contributed by atoms with E-state index in [4.69, 9.17) is 0 Å². The van der Waals surface area contributed by atoms with Crippen molar-refractivity contribution in [3.05, 3.63) is 90.1 Å². The van der Waals surface area contributed by atoms with Gasteiger partial charge in [0.25, 0.3) is 0 Å². The van der Waals surface area contributed by atoms with Crippen LogP contribution in [0.1, 0.15) is 17.0 Å². The Morgan fingerprint density at radius 3 is 2.04 bits per heavy atom. The highest BCUT2D eigenvalue weighted by atomic mass is 16.1. The first-order chi connectivity index (χ1) is 13.6. The summed E-state index contributed by atoms with van der Waals surface area (Å²) < 4.78 is 0. The summed E-state index contributed by atoms with van der Waals surface area (Å²) in [5.74, 6) is 0.0559. The minimum absolute atomic E-state index is 0.0989. The van der Waals surface area contributed by atoms with Gasteiger partial charge >= 0.3 is 0 Å². The van der Waals surface area contributed by atoms with Gasteiger partial charge in [0.2, 0.25) is 5.91 Å². The normalized spacial score (nSPS) is 10.9. The van der Waals surface area contributed by atoms with Gasteiger partial charge in [-0.2, -0.15) is 0 Å². The third kappa shape index (κ3) is 5.41. The molecule has 0 spiro atoms. The summed E-state index contributed by atoms with van der Waals surface area (Å²) in [7, 11) is 4.07. The number of carbonyl (C=O) groups excluding carboxylic acids is 1. The molecule has 0 saturated heterocycles. The highest BCUT2D eigenvalue weighted by Crippen LogP contribution is 2.26. The van der Waals surface area contributed by atoms with Crippen LogP contribution in [-0.2, 0) is 4.79 Å². The quantitative estimate of drug-likeness (QED) is 0.629. The molecule has 2 N–H and O–H groups in total. The lowest BCUT2D eigenvalue weighted by Gasteiger charge is -2.18. The molecule has 1 aromatic heterocycles. The fourth-order valence-electron chi connectivity index (χ4n) is 2.98. The van der Waals surface area contributed by atoms with Crippen molar-refractivity contribution in [2.45, 2.75) is 5.92 Å². The summed E-state index contributed by atoms with van der Waals surface area (Å²) in [6.45, 7) is 1.78. The van der Waals surface area contributed by atoms with Crippen LogP contribution >= 0.6 is 0 Å². The van der Waals surface area contributed by atoms with E-state index < -0.39 is 0 Å². The Kier molecular flexibility index (Phi) is 6.76. The second-order valence-electron chi connectivity index (χ2n) is 6.91. The number of nitrogens with zero attached hydrogens (tertiary/aromatic N) is 2. The topological polar surface area (TPSA) is 57.3 Å². The fourth-order valence-corrected chi connectivity index (χ4v) is 2.98. The molecule has 0 fully saturated rings. The first-order valence-corrected chi connectivity index (χ1v) is 9.39. The van der Waals surface area contributed by atoms with Crippen molar-refractivity contribution in [3.63, 3.8) is 0 Å². The van der Waals surface area contributed by atoms with Crippen LogP contribution in [0.15, 0.2) is 79.0 Å². The van der Waals surface area contributed by atoms with Gasteiger partial charge in [0.15, 0.2) is 0 Å². The van der Waals surface area contributed by atoms with Gasteiger partial charge in [-0.25, -0.2) is 4.98 Å². The molecule has 0 aliphatic rings. The molecule has 0 saturated carbocycles. The second kappa shape index (κ2) is 9.67. The van der Waals surface area contributed by atoms with E-state index in [1.54, 1.807) is 6.20 Å². The molecule has 3 rings (SSSR count). The number of benzene rings is 2. The van der Waals surface area contributed by atoms with Crippen molar-refractivity contribution in [2.75, 3.05) is 37.8 Å². The van der Waals surface area contributed by atoms with Crippen LogP contribution in [0.5, 0.6) is 0 Å². The van der Waals surface area contributed by atoms with Crippen molar-refractivity contribution in [1.82, 2.24) is 9.88 Å². The van der Waals surface area contributed by atoms with Crippen molar-refractivity contribution in [3.8, 4) is 0 Å². The first kappa shape index (κ1) is 19.6. The molecule has 0 aliphatic carbocycles. The Morgan fingerprint density at radius 2 is 1.54 bits per heavy atom. The zero-order valence-corrected chi connectivity index (χ0v) is 16.3. The van der Waals surface area contributed by atoms with Crippen LogP contribution in [-0.4, -0.2) is 43.0 Å². The van der Waals surface area contributed by atoms with Gasteiger partial charge in [-0.05, 0) is 37.4 Å². The number of carbonyl (C=O) groups is 1. The molecular weight excluding hydrogens is 348 g/mol. The summed E-state index contributed by atoms with van der Waals surface area (Å²) in [6.07, 6.45) is 1.74. The Labute approximate surface area is 166 Å². The maximum atomic E-state index is 13.1. The van der Waals surface area contributed by atoms with E-state index in [-0.39, 0.29) is 11.8 Å². The number of likely N-dealkylation sites (N-methyl/N-ethyl adjacent to an activating group) is 1. The lowest BCUT2D eigenvalue weighted by atomic mass is 9.90. The molecule has 0 atom stereocenters. The first-order valence-electron chi connectivity index (χ1n) is 9.39. The molecule has 0 radical (unpaired) electrons. The van der Waals surface area contributed by atoms with Crippen LogP contribution in [0.2, 0.25) is 0 Å². The average molecular weight is 374 g/mol. The number of nitrogens with one attached hydrogen (secondary N) is 2. The maximum absolute atomic E-state index is 13.1. The van der Waals surface area contributed by atoms with Crippen LogP contribution in [0, 0.1) is 0 Å². The molecule has 144 valence electrons. The number of rotatable bonds is 8. The third-order valence-electron chi connectivity index (χ3n) is 4.43. The monoisotopic (exact) mass is 374 g/mol. The van der Waals surface area contributed by atoms with E-state index in [0.29, 0.717) is 5.82 Å². The van der Waals surface area contributed by atoms with E-state index in [2.05, 4.69) is 20.5 Å². The van der Waals surface area contributed by atoms with Crippen molar-refractivity contribution in [1.29, 1.82) is 0 Å². The molecule has 3 aromatic rings. The molecule has 28 heavy (non-hydrogen) atoms. The molecule has 0 unspecified atom stereocenters. The van der Waals surface area contributed by atoms with Crippen LogP contribution in [0.25, 0.3) is 0 Å². The predicted octanol–water partition coefficient (Wildman–Crippen LogP) is 3.83. The van der Waals surface area contributed by atoms with Crippen molar-refractivity contribution >= 4 is 17.4 Å². The molecular formula is C23H26N4O. The summed E-state index contributed by atoms with van der Waals surface area (Å²) in [5, 5.41) is 6.27. The number of hydrogen-bond acceptors (Lipinski definition) is 4. The second-order valence-corrected chi connectivity index (χ2v) is 6.91. The van der Waals surface area contributed by atoms with Crippen LogP contribution in [0.4, 0.5) is 11.5 Å². The standard InChI is InChI=1S/C23H26N4O/c1-27(2)16-15-24-20-13-14-21(25-17-20)26-23(28)22(18-9-5-3-6-10-18)19-11-7-4-8-12-19/h3-14,17,22,24H,15-16H2,1-2H3,(H,25,26,28). The number of hydrogen-bond donors (Lipinski definition) is 2. The summed E-state index contributed by atoms with van der Waals surface area (Å²) in [4.78, 5) is 19.6. The summed E-state index contributed by atoms with van der Waals surface area (Å²) in [5.41, 5.74) is 2.84. The number of aromatic nitrogens is 1. The van der Waals surface area contributed by atoms with E-state index in [0.717, 1.165) is 29.9 Å². The lowest BCUT2D eigenvalue weighted by Crippen LogP contribution is -2.23. The predicted molar refractivity (Wildman–Crippen MR) is 115 cm³/mol. The third-order valence-corrected chi connectivity index (χ3v) is 4.43. The zero-order chi connectivity index (χ0) is 19.8. The minimum Gasteiger partial charge on any atom is -0.383 e. The molecule has 0 bridgehead atoms. The van der Waals surface area contributed by atoms with E-state index >= 15 is 0 Å². The largest absolute Gasteiger partial charge is 0.383 e. The van der Waals surface area contributed by atoms with Crippen molar-refractivity contribution < 1.29 is 4.79 Å². The SMILES string of the molecule is CN(C)CCNc1ccc(NC(=O)C(c2ccccc2)c2ccccc2)nc1. The lowest BCUT2D eigenvalue weighted by molar-refractivity contribution is -0.116. The maximum Gasteiger partial charge on any atom is 0.237 e. The van der Waals surface area contributed by atoms with Gasteiger partial charge in [-0.1, -0.05) is 60.7 Å². The molecule has 1 amide bonds. The highest BCUT2D eigenvalue weighted by molar-refractivity contribution is 5.97. The number of anilines is 2. The molecule has 5 heteroatoms. The average Bonchev–Trinajstić information content (AvgIpc) is 2.71. The Hall–Kier alpha value is -3.18. The zero-order valence-electron chi connectivity index (χ0n) is 16.3. The van der Waals surface area contributed by atoms with E-state index in [9.17, 15) is 4.79 Å². The van der Waals surface area contributed by atoms with Crippen LogP contribution in [0.3, 0.4) is 0 Å². The summed E-state index contributed by atoms with van der Waals surface area (Å²) >= 11 is 0. The minimum atomic E-state index is -0.387. The molecule has 2 aromatic carbocycles. The Bertz CT molecular complexity index is 825. The van der Waals surface area contributed by atoms with Gasteiger partial charge in [-0.3, -0.25) is 4.79 Å². The molecule has 0 aliphatic heterocycles. The summed E-state index contributed by atoms with van der Waals surface area (Å²) in [6, 6.07) is 23.4. The highest BCUT2D eigenvalue weighted by Gasteiger charge is 2.22. The Morgan fingerprint density at radius 1 is 0.929 bits per heavy atom. The van der Waals surface area contributed by atoms with Gasteiger partial charge in [-0.15, -0.1) is 0 Å². The fraction of sp³-hybridized carbons (Fsp3) is 0.217. The smallest absolute Gasteiger partial charge is 0.237 e. The van der Waals surface area contributed by atoms with E-state index in [1.807, 2.05) is 86.9 Å². The van der Waals surface area contributed by atoms with Gasteiger partial charge in [0.05, 0.1) is 17.8 Å². The number of amides is 1. The Balaban J connectivity index is 1.72. The van der Waals surface area contributed by atoms with Gasteiger partial charge in [0, 0.05) is 13.1 Å². The van der Waals surface area contributed by atoms with Gasteiger partial charge in [0.1, 0.15) is 5.82 Å². The van der Waals surface area contributed by atoms with Gasteiger partial charge < -0.3 is 15.5 Å². The van der Waals surface area contributed by atoms with E-state index in [1.165, 1.54) is 0 Å². The van der Waals surface area contributed by atoms with Crippen LogP contribution < -0.4 is 10.6 Å².